The largest absolute Gasteiger partial charge is 0.462 e. The Morgan fingerprint density at radius 3 is 2.70 bits per heavy atom. The van der Waals surface area contributed by atoms with Gasteiger partial charge >= 0.3 is 5.97 Å². The Kier molecular flexibility index (Phi) is 5.80. The fourth-order valence-electron chi connectivity index (χ4n) is 2.87. The number of carbonyl (C=O) groups is 1. The lowest BCUT2D eigenvalue weighted by Gasteiger charge is -2.40. The minimum atomic E-state index is -0.592. The smallest absolute Gasteiger partial charge is 0.348 e. The molecule has 0 radical (unpaired) electrons. The number of esters is 1. The van der Waals surface area contributed by atoms with Gasteiger partial charge in [-0.05, 0) is 26.8 Å². The van der Waals surface area contributed by atoms with Crippen LogP contribution < -0.4 is 0 Å². The molecule has 2 aliphatic heterocycles. The molecule has 2 rings (SSSR count). The van der Waals surface area contributed by atoms with Crippen LogP contribution in [0.2, 0.25) is 0 Å². The molecule has 0 amide bonds. The van der Waals surface area contributed by atoms with Crippen molar-refractivity contribution in [3.8, 4) is 6.07 Å². The molecule has 6 nitrogen and oxygen atoms in total. The Balaban J connectivity index is 2.42. The van der Waals surface area contributed by atoms with Gasteiger partial charge in [-0.1, -0.05) is 0 Å². The van der Waals surface area contributed by atoms with Gasteiger partial charge in [-0.25, -0.2) is 4.79 Å². The lowest BCUT2D eigenvalue weighted by atomic mass is 9.89. The second kappa shape index (κ2) is 7.62. The fourth-order valence-corrected chi connectivity index (χ4v) is 2.87. The lowest BCUT2D eigenvalue weighted by molar-refractivity contribution is -0.138. The van der Waals surface area contributed by atoms with Crippen molar-refractivity contribution in [3.05, 3.63) is 22.9 Å². The van der Waals surface area contributed by atoms with Crippen molar-refractivity contribution in [2.75, 3.05) is 39.5 Å². The second-order valence-corrected chi connectivity index (χ2v) is 5.96. The normalized spacial score (nSPS) is 21.8. The van der Waals surface area contributed by atoms with Gasteiger partial charge in [0.15, 0.2) is 0 Å². The molecule has 1 fully saturated rings. The fraction of sp³-hybridized carbons (Fsp3) is 0.647. The van der Waals surface area contributed by atoms with Crippen LogP contribution in [0.1, 0.15) is 27.2 Å². The van der Waals surface area contributed by atoms with Crippen LogP contribution in [0.4, 0.5) is 0 Å². The number of morpholine rings is 1. The zero-order valence-electron chi connectivity index (χ0n) is 14.1. The zero-order valence-corrected chi connectivity index (χ0v) is 14.1. The molecule has 0 spiro atoms. The van der Waals surface area contributed by atoms with Gasteiger partial charge in [0.25, 0.3) is 0 Å². The highest BCUT2D eigenvalue weighted by Crippen LogP contribution is 2.34. The minimum Gasteiger partial charge on any atom is -0.462 e. The third kappa shape index (κ3) is 4.12. The van der Waals surface area contributed by atoms with E-state index in [1.165, 1.54) is 0 Å². The van der Waals surface area contributed by atoms with E-state index < -0.39 is 11.6 Å². The molecule has 2 aliphatic rings. The monoisotopic (exact) mass is 320 g/mol. The first-order valence-electron chi connectivity index (χ1n) is 7.98. The van der Waals surface area contributed by atoms with Crippen molar-refractivity contribution in [3.63, 3.8) is 0 Å². The van der Waals surface area contributed by atoms with E-state index in [2.05, 4.69) is 4.90 Å². The predicted octanol–water partition coefficient (Wildman–Crippen LogP) is 1.78. The molecule has 0 aromatic carbocycles. The van der Waals surface area contributed by atoms with E-state index in [1.807, 2.05) is 19.9 Å². The molecule has 0 bridgehead atoms. The van der Waals surface area contributed by atoms with Crippen LogP contribution in [0.25, 0.3) is 0 Å². The van der Waals surface area contributed by atoms with E-state index in [1.54, 1.807) is 13.0 Å². The number of rotatable bonds is 4. The van der Waals surface area contributed by atoms with Crippen LogP contribution in [0, 0.1) is 11.3 Å². The van der Waals surface area contributed by atoms with Crippen LogP contribution in [-0.4, -0.2) is 56.0 Å². The summed E-state index contributed by atoms with van der Waals surface area (Å²) in [5.74, 6) is -0.592. The Hall–Kier alpha value is -1.84. The summed E-state index contributed by atoms with van der Waals surface area (Å²) in [4.78, 5) is 14.2. The van der Waals surface area contributed by atoms with Gasteiger partial charge in [-0.3, -0.25) is 0 Å². The maximum atomic E-state index is 11.9. The summed E-state index contributed by atoms with van der Waals surface area (Å²) in [6.07, 6.45) is 2.39. The Bertz CT molecular complexity index is 551. The maximum absolute atomic E-state index is 11.9. The van der Waals surface area contributed by atoms with Crippen molar-refractivity contribution in [2.45, 2.75) is 32.8 Å². The summed E-state index contributed by atoms with van der Waals surface area (Å²) in [7, 11) is 0. The first-order chi connectivity index (χ1) is 11.0. The van der Waals surface area contributed by atoms with Crippen molar-refractivity contribution >= 4 is 5.97 Å². The van der Waals surface area contributed by atoms with Crippen molar-refractivity contribution in [1.82, 2.24) is 4.90 Å². The molecule has 2 heterocycles. The highest BCUT2D eigenvalue weighted by atomic mass is 16.5. The van der Waals surface area contributed by atoms with Crippen LogP contribution in [0.15, 0.2) is 22.9 Å². The van der Waals surface area contributed by atoms with Gasteiger partial charge < -0.3 is 19.1 Å². The molecule has 0 atom stereocenters. The van der Waals surface area contributed by atoms with Gasteiger partial charge in [-0.15, -0.1) is 0 Å². The van der Waals surface area contributed by atoms with E-state index in [0.717, 1.165) is 30.8 Å². The topological polar surface area (TPSA) is 71.8 Å². The SMILES string of the molecule is CCOC(=O)C(C#N)=CC1=C(N2CCOCC2)CCOC1(C)C. The molecule has 6 heteroatoms. The third-order valence-electron chi connectivity index (χ3n) is 4.06. The molecular weight excluding hydrogens is 296 g/mol. The standard InChI is InChI=1S/C17H24N2O4/c1-4-22-16(20)13(12-18)11-14-15(5-8-23-17(14,2)3)19-6-9-21-10-7-19/h11H,4-10H2,1-3H3. The van der Waals surface area contributed by atoms with E-state index in [4.69, 9.17) is 14.2 Å². The molecule has 0 aromatic heterocycles. The summed E-state index contributed by atoms with van der Waals surface area (Å²) in [6.45, 7) is 9.49. The number of hydrogen-bond acceptors (Lipinski definition) is 6. The maximum Gasteiger partial charge on any atom is 0.348 e. The van der Waals surface area contributed by atoms with E-state index in [0.29, 0.717) is 19.8 Å². The molecule has 1 saturated heterocycles. The van der Waals surface area contributed by atoms with Gasteiger partial charge in [0.05, 0.1) is 32.0 Å². The lowest BCUT2D eigenvalue weighted by Crippen LogP contribution is -2.42. The van der Waals surface area contributed by atoms with Crippen LogP contribution in [0.3, 0.4) is 0 Å². The Labute approximate surface area is 137 Å². The Morgan fingerprint density at radius 1 is 1.39 bits per heavy atom. The quantitative estimate of drug-likeness (QED) is 0.447. The number of ether oxygens (including phenoxy) is 3. The average Bonchev–Trinajstić information content (AvgIpc) is 2.54. The summed E-state index contributed by atoms with van der Waals surface area (Å²) >= 11 is 0. The molecule has 0 N–H and O–H groups in total. The Morgan fingerprint density at radius 2 is 2.09 bits per heavy atom. The first kappa shape index (κ1) is 17.5. The van der Waals surface area contributed by atoms with Gasteiger partial charge in [-0.2, -0.15) is 5.26 Å². The third-order valence-corrected chi connectivity index (χ3v) is 4.06. The minimum absolute atomic E-state index is 0.00573. The van der Waals surface area contributed by atoms with Gasteiger partial charge in [0.2, 0.25) is 0 Å². The molecular formula is C17H24N2O4. The van der Waals surface area contributed by atoms with Gasteiger partial charge in [0, 0.05) is 30.8 Å². The van der Waals surface area contributed by atoms with Crippen molar-refractivity contribution in [1.29, 1.82) is 5.26 Å². The van der Waals surface area contributed by atoms with Crippen LogP contribution in [-0.2, 0) is 19.0 Å². The summed E-state index contributed by atoms with van der Waals surface area (Å²) in [5.41, 5.74) is 1.45. The summed E-state index contributed by atoms with van der Waals surface area (Å²) in [6, 6.07) is 1.95. The van der Waals surface area contributed by atoms with E-state index in [-0.39, 0.29) is 12.2 Å². The second-order valence-electron chi connectivity index (χ2n) is 5.96. The molecule has 0 aromatic rings. The molecule has 23 heavy (non-hydrogen) atoms. The molecule has 0 unspecified atom stereocenters. The summed E-state index contributed by atoms with van der Waals surface area (Å²) in [5, 5.41) is 9.30. The summed E-state index contributed by atoms with van der Waals surface area (Å²) < 4.78 is 16.2. The van der Waals surface area contributed by atoms with E-state index in [9.17, 15) is 10.1 Å². The van der Waals surface area contributed by atoms with E-state index >= 15 is 0 Å². The number of carbonyl (C=O) groups excluding carboxylic acids is 1. The van der Waals surface area contributed by atoms with Crippen LogP contribution >= 0.6 is 0 Å². The molecule has 0 saturated carbocycles. The number of nitriles is 1. The van der Waals surface area contributed by atoms with Gasteiger partial charge in [0.1, 0.15) is 11.6 Å². The highest BCUT2D eigenvalue weighted by Gasteiger charge is 2.33. The van der Waals surface area contributed by atoms with Crippen molar-refractivity contribution in [2.24, 2.45) is 0 Å². The zero-order chi connectivity index (χ0) is 16.9. The number of hydrogen-bond donors (Lipinski definition) is 0. The molecule has 126 valence electrons. The van der Waals surface area contributed by atoms with Crippen molar-refractivity contribution < 1.29 is 19.0 Å². The first-order valence-corrected chi connectivity index (χ1v) is 7.98. The predicted molar refractivity (Wildman–Crippen MR) is 84.4 cm³/mol. The highest BCUT2D eigenvalue weighted by molar-refractivity contribution is 5.93. The average molecular weight is 320 g/mol. The van der Waals surface area contributed by atoms with Crippen LogP contribution in [0.5, 0.6) is 0 Å². The number of nitrogens with zero attached hydrogens (tertiary/aromatic N) is 2. The molecule has 0 aliphatic carbocycles.